The van der Waals surface area contributed by atoms with Gasteiger partial charge in [0, 0.05) is 30.8 Å². The van der Waals surface area contributed by atoms with Gasteiger partial charge < -0.3 is 15.1 Å². The van der Waals surface area contributed by atoms with Crippen molar-refractivity contribution in [1.29, 1.82) is 0 Å². The van der Waals surface area contributed by atoms with Gasteiger partial charge in [0.2, 0.25) is 0 Å². The predicted molar refractivity (Wildman–Crippen MR) is 62.5 cm³/mol. The molecule has 0 aromatic heterocycles. The first-order valence-corrected chi connectivity index (χ1v) is 5.41. The van der Waals surface area contributed by atoms with Crippen LogP contribution in [-0.2, 0) is 4.79 Å². The Hall–Kier alpha value is -2.15. The minimum atomic E-state index is -1.01. The number of nitro groups is 1. The second kappa shape index (κ2) is 4.61. The molecule has 2 N–H and O–H groups in total. The number of hydrogen-bond donors (Lipinski definition) is 2. The zero-order chi connectivity index (χ0) is 13.3. The number of β-amino-alcohol motifs (C(OH)–C–C–N with tert-alkyl or cyclic N) is 1. The number of carbonyl (C=O) groups is 1. The number of nitrogens with zero attached hydrogens (tertiary/aromatic N) is 2. The van der Waals surface area contributed by atoms with Crippen molar-refractivity contribution in [3.63, 3.8) is 0 Å². The van der Waals surface area contributed by atoms with E-state index in [1.807, 2.05) is 0 Å². The number of rotatable bonds is 3. The summed E-state index contributed by atoms with van der Waals surface area (Å²) in [7, 11) is 0. The summed E-state index contributed by atoms with van der Waals surface area (Å²) in [4.78, 5) is 22.6. The van der Waals surface area contributed by atoms with Crippen LogP contribution in [0.2, 0.25) is 0 Å². The Bertz CT molecular complexity index is 473. The molecule has 1 saturated heterocycles. The van der Waals surface area contributed by atoms with Crippen LogP contribution in [0.1, 0.15) is 6.42 Å². The third kappa shape index (κ3) is 2.25. The maximum atomic E-state index is 11.0. The van der Waals surface area contributed by atoms with E-state index in [-0.39, 0.29) is 18.7 Å². The highest BCUT2D eigenvalue weighted by Gasteiger charge is 2.36. The highest BCUT2D eigenvalue weighted by atomic mass is 16.6. The third-order valence-electron chi connectivity index (χ3n) is 2.96. The van der Waals surface area contributed by atoms with Crippen LogP contribution in [0.3, 0.4) is 0 Å². The fourth-order valence-electron chi connectivity index (χ4n) is 2.10. The Morgan fingerprint density at radius 3 is 2.50 bits per heavy atom. The minimum absolute atomic E-state index is 0.0506. The Morgan fingerprint density at radius 2 is 2.00 bits per heavy atom. The van der Waals surface area contributed by atoms with Gasteiger partial charge in [0.25, 0.3) is 5.69 Å². The molecule has 0 saturated carbocycles. The van der Waals surface area contributed by atoms with E-state index in [2.05, 4.69) is 0 Å². The van der Waals surface area contributed by atoms with E-state index in [0.717, 1.165) is 0 Å². The van der Waals surface area contributed by atoms with Gasteiger partial charge in [-0.2, -0.15) is 0 Å². The summed E-state index contributed by atoms with van der Waals surface area (Å²) in [5.74, 6) is -1.01. The Kier molecular flexibility index (Phi) is 3.15. The summed E-state index contributed by atoms with van der Waals surface area (Å²) >= 11 is 0. The van der Waals surface area contributed by atoms with E-state index < -0.39 is 23.0 Å². The average molecular weight is 252 g/mol. The maximum Gasteiger partial charge on any atom is 0.326 e. The molecule has 1 aromatic rings. The molecule has 18 heavy (non-hydrogen) atoms. The smallest absolute Gasteiger partial charge is 0.326 e. The van der Waals surface area contributed by atoms with E-state index >= 15 is 0 Å². The summed E-state index contributed by atoms with van der Waals surface area (Å²) in [6, 6.07) is 4.83. The van der Waals surface area contributed by atoms with E-state index in [4.69, 9.17) is 5.11 Å². The normalized spacial score (nSPS) is 23.1. The molecule has 0 aliphatic carbocycles. The van der Waals surface area contributed by atoms with Crippen molar-refractivity contribution >= 4 is 17.3 Å². The average Bonchev–Trinajstić information content (AvgIpc) is 2.71. The molecule has 1 aromatic carbocycles. The molecule has 2 rings (SSSR count). The maximum absolute atomic E-state index is 11.0. The summed E-state index contributed by atoms with van der Waals surface area (Å²) in [5.41, 5.74) is 0.509. The lowest BCUT2D eigenvalue weighted by Crippen LogP contribution is -2.35. The summed E-state index contributed by atoms with van der Waals surface area (Å²) in [5, 5.41) is 29.1. The number of aliphatic carboxylic acids is 1. The number of nitro benzene ring substituents is 1. The lowest BCUT2D eigenvalue weighted by Gasteiger charge is -2.23. The second-order valence-corrected chi connectivity index (χ2v) is 4.17. The number of carboxylic acid groups (broad SMARTS) is 1. The SMILES string of the molecule is O=C(O)C1C[C@@H](O)CN1c1ccc([N+](=O)[O-])cc1. The van der Waals surface area contributed by atoms with Crippen molar-refractivity contribution in [2.45, 2.75) is 18.6 Å². The largest absolute Gasteiger partial charge is 0.480 e. The molecule has 1 fully saturated rings. The van der Waals surface area contributed by atoms with Crippen LogP contribution in [-0.4, -0.2) is 39.8 Å². The highest BCUT2D eigenvalue weighted by molar-refractivity contribution is 5.79. The minimum Gasteiger partial charge on any atom is -0.480 e. The topological polar surface area (TPSA) is 104 Å². The van der Waals surface area contributed by atoms with E-state index in [1.54, 1.807) is 0 Å². The quantitative estimate of drug-likeness (QED) is 0.603. The highest BCUT2D eigenvalue weighted by Crippen LogP contribution is 2.27. The van der Waals surface area contributed by atoms with Crippen LogP contribution in [0, 0.1) is 10.1 Å². The van der Waals surface area contributed by atoms with E-state index in [9.17, 15) is 20.0 Å². The lowest BCUT2D eigenvalue weighted by molar-refractivity contribution is -0.384. The Labute approximate surface area is 102 Å². The van der Waals surface area contributed by atoms with Gasteiger partial charge in [0.05, 0.1) is 11.0 Å². The monoisotopic (exact) mass is 252 g/mol. The van der Waals surface area contributed by atoms with Crippen molar-refractivity contribution in [1.82, 2.24) is 0 Å². The molecule has 2 atom stereocenters. The number of benzene rings is 1. The molecule has 0 radical (unpaired) electrons. The molecule has 1 heterocycles. The number of anilines is 1. The van der Waals surface area contributed by atoms with E-state index in [0.29, 0.717) is 5.69 Å². The fourth-order valence-corrected chi connectivity index (χ4v) is 2.10. The van der Waals surface area contributed by atoms with Gasteiger partial charge in [-0.05, 0) is 12.1 Å². The first-order chi connectivity index (χ1) is 8.49. The van der Waals surface area contributed by atoms with Gasteiger partial charge >= 0.3 is 5.97 Å². The molecule has 96 valence electrons. The van der Waals surface area contributed by atoms with Crippen LogP contribution >= 0.6 is 0 Å². The van der Waals surface area contributed by atoms with Crippen molar-refractivity contribution in [3.8, 4) is 0 Å². The molecule has 1 aliphatic rings. The summed E-state index contributed by atoms with van der Waals surface area (Å²) < 4.78 is 0. The van der Waals surface area contributed by atoms with Crippen molar-refractivity contribution < 1.29 is 19.9 Å². The van der Waals surface area contributed by atoms with Crippen molar-refractivity contribution in [2.75, 3.05) is 11.4 Å². The van der Waals surface area contributed by atoms with Crippen LogP contribution in [0.15, 0.2) is 24.3 Å². The number of non-ortho nitro benzene ring substituents is 1. The van der Waals surface area contributed by atoms with Crippen LogP contribution in [0.4, 0.5) is 11.4 Å². The van der Waals surface area contributed by atoms with Crippen molar-refractivity contribution in [3.05, 3.63) is 34.4 Å². The van der Waals surface area contributed by atoms with Gasteiger partial charge in [-0.25, -0.2) is 4.79 Å². The molecule has 7 heteroatoms. The number of carboxylic acids is 1. The van der Waals surface area contributed by atoms with Crippen LogP contribution in [0.25, 0.3) is 0 Å². The standard InChI is InChI=1S/C11H12N2O5/c14-9-5-10(11(15)16)12(6-9)7-1-3-8(4-2-7)13(17)18/h1-4,9-10,14H,5-6H2,(H,15,16)/t9-,10?/m1/s1. The first-order valence-electron chi connectivity index (χ1n) is 5.41. The third-order valence-corrected chi connectivity index (χ3v) is 2.96. The predicted octanol–water partition coefficient (Wildman–Crippen LogP) is 0.619. The van der Waals surface area contributed by atoms with Gasteiger partial charge in [-0.1, -0.05) is 0 Å². The number of hydrogen-bond acceptors (Lipinski definition) is 5. The molecule has 1 aliphatic heterocycles. The zero-order valence-electron chi connectivity index (χ0n) is 9.39. The molecule has 1 unspecified atom stereocenters. The van der Waals surface area contributed by atoms with Gasteiger partial charge in [-0.15, -0.1) is 0 Å². The van der Waals surface area contributed by atoms with Crippen LogP contribution < -0.4 is 4.90 Å². The molecular weight excluding hydrogens is 240 g/mol. The van der Waals surface area contributed by atoms with Crippen LogP contribution in [0.5, 0.6) is 0 Å². The lowest BCUT2D eigenvalue weighted by atomic mass is 10.2. The fraction of sp³-hybridized carbons (Fsp3) is 0.364. The zero-order valence-corrected chi connectivity index (χ0v) is 9.39. The Balaban J connectivity index is 2.24. The molecule has 0 bridgehead atoms. The van der Waals surface area contributed by atoms with Crippen molar-refractivity contribution in [2.24, 2.45) is 0 Å². The molecular formula is C11H12N2O5. The summed E-state index contributed by atoms with van der Waals surface area (Å²) in [6.07, 6.45) is -0.534. The first kappa shape index (κ1) is 12.3. The molecule has 7 nitrogen and oxygen atoms in total. The molecule has 0 amide bonds. The number of aliphatic hydroxyl groups excluding tert-OH is 1. The van der Waals surface area contributed by atoms with Gasteiger partial charge in [0.15, 0.2) is 0 Å². The summed E-state index contributed by atoms with van der Waals surface area (Å²) in [6.45, 7) is 0.217. The van der Waals surface area contributed by atoms with E-state index in [1.165, 1.54) is 29.2 Å². The Morgan fingerprint density at radius 1 is 1.39 bits per heavy atom. The second-order valence-electron chi connectivity index (χ2n) is 4.17. The number of aliphatic hydroxyl groups is 1. The molecule has 0 spiro atoms. The van der Waals surface area contributed by atoms with Gasteiger partial charge in [-0.3, -0.25) is 10.1 Å². The van der Waals surface area contributed by atoms with Gasteiger partial charge in [0.1, 0.15) is 6.04 Å².